The molecule has 4 aliphatic rings. The number of halogens is 1. The topological polar surface area (TPSA) is 74.6 Å². The maximum Gasteiger partial charge on any atom is 0.190 e. The lowest BCUT2D eigenvalue weighted by atomic mass is 9.46. The third-order valence-corrected chi connectivity index (χ3v) is 8.19. The van der Waals surface area contributed by atoms with Gasteiger partial charge in [-0.15, -0.1) is 0 Å². The third-order valence-electron chi connectivity index (χ3n) is 8.19. The van der Waals surface area contributed by atoms with Gasteiger partial charge in [0.1, 0.15) is 17.9 Å². The Labute approximate surface area is 158 Å². The Morgan fingerprint density at radius 1 is 1.26 bits per heavy atom. The fourth-order valence-corrected chi connectivity index (χ4v) is 6.50. The number of alkyl halides is 1. The molecule has 0 aromatic heterocycles. The van der Waals surface area contributed by atoms with E-state index in [0.29, 0.717) is 12.8 Å². The minimum absolute atomic E-state index is 0.0377. The van der Waals surface area contributed by atoms with Gasteiger partial charge in [-0.3, -0.25) is 9.59 Å². The Hall–Kier alpha value is -1.59. The van der Waals surface area contributed by atoms with Crippen molar-refractivity contribution in [2.45, 2.75) is 51.3 Å². The van der Waals surface area contributed by atoms with Crippen LogP contribution in [0.5, 0.6) is 0 Å². The summed E-state index contributed by atoms with van der Waals surface area (Å²) in [5.74, 6) is -1.24. The first-order valence-electron chi connectivity index (χ1n) is 9.74. The molecule has 27 heavy (non-hydrogen) atoms. The van der Waals surface area contributed by atoms with E-state index in [1.165, 1.54) is 12.2 Å². The summed E-state index contributed by atoms with van der Waals surface area (Å²) in [6, 6.07) is 0. The standard InChI is InChI=1S/C22H27FO4/c1-13-10-17-15-5-7-22(27,18(26)12-24)20(15,3)8-9-21(17,23)19(2)6-4-14(25)11-16(13)19/h4,6,8-9,11,13,15,17,24,27H,5,7,10,12H2,1-3H3/t13-,15-,17-,19-,20-,21+,22-/m0/s1. The molecule has 0 radical (unpaired) electrons. The zero-order valence-electron chi connectivity index (χ0n) is 16.0. The molecular weight excluding hydrogens is 347 g/mol. The van der Waals surface area contributed by atoms with E-state index in [1.54, 1.807) is 18.2 Å². The smallest absolute Gasteiger partial charge is 0.190 e. The maximum absolute atomic E-state index is 16.7. The Bertz CT molecular complexity index is 813. The molecule has 2 fully saturated rings. The highest BCUT2D eigenvalue weighted by Crippen LogP contribution is 2.68. The van der Waals surface area contributed by atoms with Gasteiger partial charge in [0.2, 0.25) is 0 Å². The van der Waals surface area contributed by atoms with Crippen LogP contribution in [0.2, 0.25) is 0 Å². The summed E-state index contributed by atoms with van der Waals surface area (Å²) < 4.78 is 16.7. The summed E-state index contributed by atoms with van der Waals surface area (Å²) in [5.41, 5.74) is -4.34. The molecule has 4 aliphatic carbocycles. The Kier molecular flexibility index (Phi) is 3.81. The molecule has 0 aromatic carbocycles. The number of carbonyl (C=O) groups excluding carboxylic acids is 2. The number of rotatable bonds is 2. The Morgan fingerprint density at radius 2 is 1.96 bits per heavy atom. The van der Waals surface area contributed by atoms with Crippen molar-refractivity contribution >= 4 is 11.6 Å². The van der Waals surface area contributed by atoms with Gasteiger partial charge in [0.05, 0.1) is 0 Å². The van der Waals surface area contributed by atoms with Gasteiger partial charge in [0.25, 0.3) is 0 Å². The van der Waals surface area contributed by atoms with Crippen LogP contribution in [-0.2, 0) is 9.59 Å². The van der Waals surface area contributed by atoms with Crippen molar-refractivity contribution in [3.63, 3.8) is 0 Å². The van der Waals surface area contributed by atoms with Gasteiger partial charge < -0.3 is 10.2 Å². The van der Waals surface area contributed by atoms with Gasteiger partial charge in [-0.25, -0.2) is 4.39 Å². The molecule has 0 bridgehead atoms. The van der Waals surface area contributed by atoms with Gasteiger partial charge in [0, 0.05) is 16.7 Å². The van der Waals surface area contributed by atoms with Crippen molar-refractivity contribution in [1.82, 2.24) is 0 Å². The first-order chi connectivity index (χ1) is 12.5. The second-order valence-electron chi connectivity index (χ2n) is 9.25. The first-order valence-corrected chi connectivity index (χ1v) is 9.74. The first kappa shape index (κ1) is 18.8. The monoisotopic (exact) mass is 374 g/mol. The van der Waals surface area contributed by atoms with Crippen LogP contribution < -0.4 is 0 Å². The second-order valence-corrected chi connectivity index (χ2v) is 9.25. The van der Waals surface area contributed by atoms with E-state index in [2.05, 4.69) is 0 Å². The fraction of sp³-hybridized carbons (Fsp3) is 0.636. The lowest BCUT2D eigenvalue weighted by Gasteiger charge is -2.59. The number of hydrogen-bond acceptors (Lipinski definition) is 4. The van der Waals surface area contributed by atoms with Crippen LogP contribution in [0.1, 0.15) is 40.0 Å². The normalized spacial score (nSPS) is 50.7. The Balaban J connectivity index is 1.86. The summed E-state index contributed by atoms with van der Waals surface area (Å²) in [6.45, 7) is 4.96. The van der Waals surface area contributed by atoms with Gasteiger partial charge in [-0.2, -0.15) is 0 Å². The number of carbonyl (C=O) groups is 2. The fourth-order valence-electron chi connectivity index (χ4n) is 6.50. The van der Waals surface area contributed by atoms with Crippen LogP contribution >= 0.6 is 0 Å². The summed E-state index contributed by atoms with van der Waals surface area (Å²) >= 11 is 0. The number of aliphatic hydroxyl groups excluding tert-OH is 1. The number of hydrogen-bond donors (Lipinski definition) is 2. The predicted octanol–water partition coefficient (Wildman–Crippen LogP) is 2.70. The Morgan fingerprint density at radius 3 is 2.63 bits per heavy atom. The molecule has 0 unspecified atom stereocenters. The van der Waals surface area contributed by atoms with Gasteiger partial charge >= 0.3 is 0 Å². The molecule has 2 N–H and O–H groups in total. The SMILES string of the molecule is C[C@H]1C[C@H]2[C@@H]3CC[C@](O)(C(=O)CO)[C@@]3(C)C=C[C@]2(F)[C@@]2(C)C=CC(=O)C=C12. The largest absolute Gasteiger partial charge is 0.388 e. The summed E-state index contributed by atoms with van der Waals surface area (Å²) in [5, 5.41) is 20.5. The quantitative estimate of drug-likeness (QED) is 0.729. The van der Waals surface area contributed by atoms with Gasteiger partial charge in [0.15, 0.2) is 11.6 Å². The van der Waals surface area contributed by atoms with Crippen LogP contribution in [0.4, 0.5) is 4.39 Å². The van der Waals surface area contributed by atoms with E-state index in [-0.39, 0.29) is 30.0 Å². The number of aliphatic hydroxyl groups is 2. The van der Waals surface area contributed by atoms with E-state index in [9.17, 15) is 19.8 Å². The molecule has 0 spiro atoms. The highest BCUT2D eigenvalue weighted by atomic mass is 19.1. The highest BCUT2D eigenvalue weighted by Gasteiger charge is 2.69. The average Bonchev–Trinajstić information content (AvgIpc) is 2.91. The van der Waals surface area contributed by atoms with Gasteiger partial charge in [-0.1, -0.05) is 31.6 Å². The second kappa shape index (κ2) is 5.48. The molecule has 0 saturated heterocycles. The zero-order valence-corrected chi connectivity index (χ0v) is 16.0. The molecule has 4 rings (SSSR count). The van der Waals surface area contributed by atoms with E-state index >= 15 is 4.39 Å². The molecule has 7 atom stereocenters. The van der Waals surface area contributed by atoms with Gasteiger partial charge in [-0.05, 0) is 56.3 Å². The number of Topliss-reactive ketones (excluding diaryl/α,β-unsaturated/α-hetero) is 1. The molecule has 0 aromatic rings. The lowest BCUT2D eigenvalue weighted by Crippen LogP contribution is -2.62. The molecule has 0 heterocycles. The average molecular weight is 374 g/mol. The summed E-state index contributed by atoms with van der Waals surface area (Å²) in [6.07, 6.45) is 9.22. The van der Waals surface area contributed by atoms with Crippen molar-refractivity contribution in [3.05, 3.63) is 36.0 Å². The van der Waals surface area contributed by atoms with Crippen LogP contribution in [0, 0.1) is 28.6 Å². The lowest BCUT2D eigenvalue weighted by molar-refractivity contribution is -0.154. The van der Waals surface area contributed by atoms with Crippen molar-refractivity contribution in [2.24, 2.45) is 28.6 Å². The molecule has 4 nitrogen and oxygen atoms in total. The molecular formula is C22H27FO4. The predicted molar refractivity (Wildman–Crippen MR) is 98.5 cm³/mol. The molecule has 5 heteroatoms. The van der Waals surface area contributed by atoms with E-state index in [0.717, 1.165) is 5.57 Å². The minimum Gasteiger partial charge on any atom is -0.388 e. The van der Waals surface area contributed by atoms with Crippen LogP contribution in [-0.4, -0.2) is 39.7 Å². The number of allylic oxidation sites excluding steroid dienone is 5. The molecule has 2 saturated carbocycles. The highest BCUT2D eigenvalue weighted by molar-refractivity contribution is 6.01. The van der Waals surface area contributed by atoms with Crippen LogP contribution in [0.3, 0.4) is 0 Å². The maximum atomic E-state index is 16.7. The molecule has 0 aliphatic heterocycles. The number of ketones is 2. The van der Waals surface area contributed by atoms with Crippen LogP contribution in [0.25, 0.3) is 0 Å². The van der Waals surface area contributed by atoms with Crippen molar-refractivity contribution < 1.29 is 24.2 Å². The van der Waals surface area contributed by atoms with E-state index < -0.39 is 34.5 Å². The zero-order chi connectivity index (χ0) is 19.8. The van der Waals surface area contributed by atoms with E-state index in [1.807, 2.05) is 20.8 Å². The summed E-state index contributed by atoms with van der Waals surface area (Å²) in [4.78, 5) is 24.2. The minimum atomic E-state index is -1.68. The van der Waals surface area contributed by atoms with Crippen molar-refractivity contribution in [1.29, 1.82) is 0 Å². The van der Waals surface area contributed by atoms with Crippen LogP contribution in [0.15, 0.2) is 36.0 Å². The summed E-state index contributed by atoms with van der Waals surface area (Å²) in [7, 11) is 0. The van der Waals surface area contributed by atoms with E-state index in [4.69, 9.17) is 0 Å². The number of fused-ring (bicyclic) bond motifs is 5. The van der Waals surface area contributed by atoms with Crippen molar-refractivity contribution in [2.75, 3.05) is 6.61 Å². The molecule has 0 amide bonds. The third kappa shape index (κ3) is 2.05. The van der Waals surface area contributed by atoms with Crippen molar-refractivity contribution in [3.8, 4) is 0 Å². The molecule has 146 valence electrons.